The van der Waals surface area contributed by atoms with Gasteiger partial charge in [0.1, 0.15) is 5.82 Å². The largest absolute Gasteiger partial charge is 0.391 e. The lowest BCUT2D eigenvalue weighted by atomic mass is 9.71. The minimum atomic E-state index is -0.447. The maximum atomic E-state index is 13.2. The molecule has 0 bridgehead atoms. The van der Waals surface area contributed by atoms with Gasteiger partial charge in [-0.1, -0.05) is 41.8 Å². The van der Waals surface area contributed by atoms with Gasteiger partial charge in [-0.2, -0.15) is 0 Å². The van der Waals surface area contributed by atoms with Crippen LogP contribution in [0.25, 0.3) is 0 Å². The highest BCUT2D eigenvalue weighted by Crippen LogP contribution is 2.39. The Kier molecular flexibility index (Phi) is 5.44. The van der Waals surface area contributed by atoms with Crippen molar-refractivity contribution >= 4 is 15.9 Å². The molecule has 0 amide bonds. The third-order valence-corrected chi connectivity index (χ3v) is 5.69. The van der Waals surface area contributed by atoms with E-state index in [1.54, 1.807) is 6.07 Å². The van der Waals surface area contributed by atoms with Crippen LogP contribution in [0, 0.1) is 11.7 Å². The summed E-state index contributed by atoms with van der Waals surface area (Å²) in [5.74, 6) is 0.376. The van der Waals surface area contributed by atoms with Crippen molar-refractivity contribution in [1.82, 2.24) is 4.90 Å². The molecule has 0 heterocycles. The van der Waals surface area contributed by atoms with Gasteiger partial charge in [0.15, 0.2) is 0 Å². The first-order valence-corrected chi connectivity index (χ1v) is 8.44. The number of aliphatic hydroxyl groups is 1. The molecule has 1 saturated carbocycles. The summed E-state index contributed by atoms with van der Waals surface area (Å²) in [5, 5.41) is 10.9. The molecule has 0 radical (unpaired) electrons. The second-order valence-corrected chi connectivity index (χ2v) is 7.51. The first-order chi connectivity index (χ1) is 9.85. The van der Waals surface area contributed by atoms with Crippen LogP contribution >= 0.6 is 15.9 Å². The molecule has 2 nitrogen and oxygen atoms in total. The summed E-state index contributed by atoms with van der Waals surface area (Å²) in [6, 6.07) is 4.69. The van der Waals surface area contributed by atoms with Crippen molar-refractivity contribution in [1.29, 1.82) is 0 Å². The maximum Gasteiger partial charge on any atom is 0.124 e. The smallest absolute Gasteiger partial charge is 0.124 e. The summed E-state index contributed by atoms with van der Waals surface area (Å²) in [6.45, 7) is 2.26. The van der Waals surface area contributed by atoms with Crippen molar-refractivity contribution in [2.45, 2.75) is 50.7 Å². The predicted octanol–water partition coefficient (Wildman–Crippen LogP) is 4.00. The topological polar surface area (TPSA) is 23.5 Å². The summed E-state index contributed by atoms with van der Waals surface area (Å²) < 4.78 is 13.9. The number of aliphatic hydroxyl groups excluding tert-OH is 1. The second-order valence-electron chi connectivity index (χ2n) is 6.66. The van der Waals surface area contributed by atoms with Crippen molar-refractivity contribution in [3.8, 4) is 0 Å². The summed E-state index contributed by atoms with van der Waals surface area (Å²) in [5.41, 5.74) is 0.786. The van der Waals surface area contributed by atoms with Crippen molar-refractivity contribution in [2.75, 3.05) is 14.1 Å². The van der Waals surface area contributed by atoms with E-state index in [9.17, 15) is 9.50 Å². The lowest BCUT2D eigenvalue weighted by Gasteiger charge is -2.48. The van der Waals surface area contributed by atoms with E-state index in [2.05, 4.69) is 41.8 Å². The Morgan fingerprint density at radius 1 is 1.48 bits per heavy atom. The third kappa shape index (κ3) is 3.66. The van der Waals surface area contributed by atoms with Gasteiger partial charge >= 0.3 is 0 Å². The SMILES string of the molecule is CC1CCCC(C(O)Cc2ccc(F)cc2Br)(N(C)C)C1. The second kappa shape index (κ2) is 6.76. The van der Waals surface area contributed by atoms with Gasteiger partial charge in [-0.15, -0.1) is 0 Å². The summed E-state index contributed by atoms with van der Waals surface area (Å²) in [7, 11) is 4.11. The van der Waals surface area contributed by atoms with Gasteiger partial charge in [0.2, 0.25) is 0 Å². The van der Waals surface area contributed by atoms with E-state index in [0.29, 0.717) is 12.3 Å². The normalized spacial score (nSPS) is 27.9. The molecule has 0 aliphatic heterocycles. The van der Waals surface area contributed by atoms with Gasteiger partial charge in [0, 0.05) is 16.4 Å². The van der Waals surface area contributed by atoms with E-state index in [1.165, 1.54) is 18.6 Å². The van der Waals surface area contributed by atoms with E-state index in [1.807, 2.05) is 0 Å². The zero-order chi connectivity index (χ0) is 15.6. The van der Waals surface area contributed by atoms with E-state index in [4.69, 9.17) is 0 Å². The van der Waals surface area contributed by atoms with Gasteiger partial charge in [0.25, 0.3) is 0 Å². The molecule has 3 unspecified atom stereocenters. The third-order valence-electron chi connectivity index (χ3n) is 4.95. The maximum absolute atomic E-state index is 13.2. The molecule has 1 fully saturated rings. The average Bonchev–Trinajstić information content (AvgIpc) is 2.41. The molecule has 1 aliphatic carbocycles. The molecule has 21 heavy (non-hydrogen) atoms. The van der Waals surface area contributed by atoms with Crippen LogP contribution in [0.4, 0.5) is 4.39 Å². The quantitative estimate of drug-likeness (QED) is 0.879. The summed E-state index contributed by atoms with van der Waals surface area (Å²) >= 11 is 3.40. The Hall–Kier alpha value is -0.450. The van der Waals surface area contributed by atoms with Crippen molar-refractivity contribution in [2.24, 2.45) is 5.92 Å². The lowest BCUT2D eigenvalue weighted by molar-refractivity contribution is -0.0425. The van der Waals surface area contributed by atoms with Crippen molar-refractivity contribution < 1.29 is 9.50 Å². The molecule has 1 aliphatic rings. The minimum absolute atomic E-state index is 0.175. The van der Waals surface area contributed by atoms with E-state index in [-0.39, 0.29) is 11.4 Å². The molecule has 0 saturated heterocycles. The van der Waals surface area contributed by atoms with Gasteiger partial charge in [0.05, 0.1) is 6.10 Å². The number of benzene rings is 1. The first-order valence-electron chi connectivity index (χ1n) is 7.64. The fraction of sp³-hybridized carbons (Fsp3) is 0.647. The Morgan fingerprint density at radius 2 is 2.19 bits per heavy atom. The van der Waals surface area contributed by atoms with Crippen molar-refractivity contribution in [3.05, 3.63) is 34.1 Å². The summed E-state index contributed by atoms with van der Waals surface area (Å²) in [6.07, 6.45) is 4.52. The number of rotatable bonds is 4. The molecule has 3 atom stereocenters. The molecule has 4 heteroatoms. The number of likely N-dealkylation sites (N-methyl/N-ethyl adjacent to an activating group) is 1. The van der Waals surface area contributed by atoms with Crippen LogP contribution in [-0.4, -0.2) is 35.7 Å². The van der Waals surface area contributed by atoms with Gasteiger partial charge in [-0.25, -0.2) is 4.39 Å². The zero-order valence-corrected chi connectivity index (χ0v) is 14.7. The van der Waals surface area contributed by atoms with E-state index >= 15 is 0 Å². The monoisotopic (exact) mass is 357 g/mol. The number of hydrogen-bond acceptors (Lipinski definition) is 2. The van der Waals surface area contributed by atoms with Crippen LogP contribution in [0.2, 0.25) is 0 Å². The lowest BCUT2D eigenvalue weighted by Crippen LogP contribution is -2.56. The Bertz CT molecular complexity index is 494. The predicted molar refractivity (Wildman–Crippen MR) is 87.9 cm³/mol. The van der Waals surface area contributed by atoms with E-state index < -0.39 is 6.10 Å². The molecule has 2 rings (SSSR count). The Morgan fingerprint density at radius 3 is 2.76 bits per heavy atom. The standard InChI is InChI=1S/C17H25BrFNO/c1-12-5-4-8-17(11-12,20(2)3)16(21)9-13-6-7-14(19)10-15(13)18/h6-7,10,12,16,21H,4-5,8-9,11H2,1-3H3. The van der Waals surface area contributed by atoms with E-state index in [0.717, 1.165) is 29.3 Å². The number of nitrogens with zero attached hydrogens (tertiary/aromatic N) is 1. The molecule has 1 aromatic rings. The highest BCUT2D eigenvalue weighted by atomic mass is 79.9. The van der Waals surface area contributed by atoms with Crippen LogP contribution in [0.15, 0.2) is 22.7 Å². The summed E-state index contributed by atoms with van der Waals surface area (Å²) in [4.78, 5) is 2.19. The molecular weight excluding hydrogens is 333 g/mol. The first kappa shape index (κ1) is 16.9. The van der Waals surface area contributed by atoms with Crippen LogP contribution in [0.3, 0.4) is 0 Å². The molecular formula is C17H25BrFNO. The van der Waals surface area contributed by atoms with Crippen LogP contribution in [0.5, 0.6) is 0 Å². The fourth-order valence-corrected chi connectivity index (χ4v) is 4.17. The molecule has 1 N–H and O–H groups in total. The van der Waals surface area contributed by atoms with Crippen LogP contribution in [0.1, 0.15) is 38.2 Å². The molecule has 0 spiro atoms. The Labute approximate surface area is 135 Å². The highest BCUT2D eigenvalue weighted by Gasteiger charge is 2.43. The van der Waals surface area contributed by atoms with Gasteiger partial charge in [-0.05, 0) is 50.6 Å². The highest BCUT2D eigenvalue weighted by molar-refractivity contribution is 9.10. The molecule has 118 valence electrons. The Balaban J connectivity index is 2.21. The average molecular weight is 358 g/mol. The number of hydrogen-bond donors (Lipinski definition) is 1. The fourth-order valence-electron chi connectivity index (χ4n) is 3.66. The molecule has 0 aromatic heterocycles. The van der Waals surface area contributed by atoms with Gasteiger partial charge < -0.3 is 10.0 Å². The van der Waals surface area contributed by atoms with Crippen molar-refractivity contribution in [3.63, 3.8) is 0 Å². The van der Waals surface area contributed by atoms with Gasteiger partial charge in [-0.3, -0.25) is 0 Å². The van der Waals surface area contributed by atoms with Crippen LogP contribution in [-0.2, 0) is 6.42 Å². The number of halogens is 2. The van der Waals surface area contributed by atoms with Crippen LogP contribution < -0.4 is 0 Å². The molecule has 1 aromatic carbocycles. The minimum Gasteiger partial charge on any atom is -0.391 e. The zero-order valence-electron chi connectivity index (χ0n) is 13.1.